The lowest BCUT2D eigenvalue weighted by Crippen LogP contribution is -2.18. The van der Waals surface area contributed by atoms with E-state index < -0.39 is 10.0 Å². The summed E-state index contributed by atoms with van der Waals surface area (Å²) in [6.45, 7) is 5.99. The number of nitriles is 1. The highest BCUT2D eigenvalue weighted by atomic mass is 32.2. The Labute approximate surface area is 122 Å². The Balaban J connectivity index is 2.41. The van der Waals surface area contributed by atoms with E-state index in [0.717, 1.165) is 0 Å². The maximum Gasteiger partial charge on any atom is 0.280 e. The summed E-state index contributed by atoms with van der Waals surface area (Å²) in [5, 5.41) is 19.7. The molecule has 0 amide bonds. The number of nitrogens with zero attached hydrogens (tertiary/aromatic N) is 4. The van der Waals surface area contributed by atoms with Crippen LogP contribution in [-0.2, 0) is 16.6 Å². The summed E-state index contributed by atoms with van der Waals surface area (Å²) in [7, 11) is -3.84. The van der Waals surface area contributed by atoms with E-state index in [2.05, 4.69) is 20.0 Å². The zero-order valence-corrected chi connectivity index (χ0v) is 12.8. The molecule has 0 fully saturated rings. The molecule has 0 aliphatic heterocycles. The second-order valence-corrected chi connectivity index (χ2v) is 6.35. The lowest BCUT2D eigenvalue weighted by atomic mass is 10.1. The van der Waals surface area contributed by atoms with Crippen molar-refractivity contribution in [3.05, 3.63) is 23.5 Å². The minimum Gasteiger partial charge on any atom is -0.279 e. The maximum absolute atomic E-state index is 12.4. The zero-order chi connectivity index (χ0) is 15.6. The van der Waals surface area contributed by atoms with Gasteiger partial charge in [0.15, 0.2) is 10.8 Å². The Hall–Kier alpha value is -2.34. The molecule has 2 heterocycles. The number of aryl methyl sites for hydroxylation is 1. The van der Waals surface area contributed by atoms with Crippen molar-refractivity contribution >= 4 is 15.8 Å². The van der Waals surface area contributed by atoms with E-state index in [1.54, 1.807) is 6.92 Å². The van der Waals surface area contributed by atoms with Crippen molar-refractivity contribution in [3.8, 4) is 6.07 Å². The lowest BCUT2D eigenvalue weighted by molar-refractivity contribution is 0.558. The van der Waals surface area contributed by atoms with Gasteiger partial charge in [-0.15, -0.1) is 0 Å². The van der Waals surface area contributed by atoms with Crippen LogP contribution in [0.1, 0.15) is 37.9 Å². The van der Waals surface area contributed by atoms with E-state index in [4.69, 9.17) is 0 Å². The third kappa shape index (κ3) is 2.75. The first-order valence-corrected chi connectivity index (χ1v) is 7.92. The van der Waals surface area contributed by atoms with Crippen molar-refractivity contribution in [1.82, 2.24) is 20.0 Å². The Bertz CT molecular complexity index is 781. The number of aromatic nitrogens is 4. The van der Waals surface area contributed by atoms with Crippen LogP contribution in [0.4, 0.5) is 5.82 Å². The molecule has 0 spiro atoms. The predicted molar refractivity (Wildman–Crippen MR) is 76.1 cm³/mol. The monoisotopic (exact) mass is 308 g/mol. The predicted octanol–water partition coefficient (Wildman–Crippen LogP) is 1.42. The van der Waals surface area contributed by atoms with Gasteiger partial charge in [-0.25, -0.2) is 0 Å². The van der Waals surface area contributed by atoms with Crippen LogP contribution >= 0.6 is 0 Å². The molecule has 8 nitrogen and oxygen atoms in total. The average Bonchev–Trinajstić information content (AvgIpc) is 3.03. The fraction of sp³-hybridized carbons (Fsp3) is 0.417. The molecule has 0 atom stereocenters. The maximum atomic E-state index is 12.4. The highest BCUT2D eigenvalue weighted by Gasteiger charge is 2.24. The van der Waals surface area contributed by atoms with Crippen molar-refractivity contribution in [1.29, 1.82) is 5.26 Å². The number of aromatic amines is 1. The summed E-state index contributed by atoms with van der Waals surface area (Å²) < 4.78 is 28.4. The minimum absolute atomic E-state index is 0.00468. The number of sulfonamides is 1. The van der Waals surface area contributed by atoms with Gasteiger partial charge in [-0.1, -0.05) is 13.8 Å². The third-order valence-corrected chi connectivity index (χ3v) is 4.33. The zero-order valence-electron chi connectivity index (χ0n) is 12.0. The topological polar surface area (TPSA) is 116 Å². The van der Waals surface area contributed by atoms with E-state index >= 15 is 0 Å². The molecule has 0 aromatic carbocycles. The number of rotatable bonds is 5. The average molecular weight is 308 g/mol. The first-order chi connectivity index (χ1) is 9.90. The quantitative estimate of drug-likeness (QED) is 0.866. The summed E-state index contributed by atoms with van der Waals surface area (Å²) in [6, 6.07) is 3.38. The van der Waals surface area contributed by atoms with Crippen LogP contribution in [-0.4, -0.2) is 28.4 Å². The van der Waals surface area contributed by atoms with Gasteiger partial charge >= 0.3 is 0 Å². The molecule has 2 rings (SSSR count). The molecule has 0 bridgehead atoms. The first-order valence-electron chi connectivity index (χ1n) is 6.43. The molecule has 0 saturated heterocycles. The van der Waals surface area contributed by atoms with E-state index in [-0.39, 0.29) is 22.3 Å². The van der Waals surface area contributed by atoms with Crippen molar-refractivity contribution in [2.24, 2.45) is 0 Å². The third-order valence-electron chi connectivity index (χ3n) is 2.97. The highest BCUT2D eigenvalue weighted by molar-refractivity contribution is 7.92. The van der Waals surface area contributed by atoms with Gasteiger partial charge in [0.2, 0.25) is 0 Å². The SMILES string of the molecule is CCn1nccc1S(=O)(=O)Nc1n[nH]c(C(C)C)c1C#N. The van der Waals surface area contributed by atoms with Gasteiger partial charge in [0.1, 0.15) is 11.6 Å². The van der Waals surface area contributed by atoms with Crippen LogP contribution in [0.2, 0.25) is 0 Å². The molecule has 0 aliphatic carbocycles. The summed E-state index contributed by atoms with van der Waals surface area (Å²) >= 11 is 0. The molecule has 21 heavy (non-hydrogen) atoms. The molecule has 2 N–H and O–H groups in total. The van der Waals surface area contributed by atoms with Crippen LogP contribution in [0.5, 0.6) is 0 Å². The van der Waals surface area contributed by atoms with Gasteiger partial charge in [-0.05, 0) is 18.9 Å². The van der Waals surface area contributed by atoms with Crippen molar-refractivity contribution < 1.29 is 8.42 Å². The number of nitrogens with one attached hydrogen (secondary N) is 2. The van der Waals surface area contributed by atoms with Gasteiger partial charge in [0, 0.05) is 6.54 Å². The minimum atomic E-state index is -3.84. The molecule has 0 unspecified atom stereocenters. The number of H-pyrrole nitrogens is 1. The molecule has 112 valence electrons. The first kappa shape index (κ1) is 15.1. The standard InChI is InChI=1S/C12H16N6O2S/c1-4-18-10(5-6-14-18)21(19,20)17-12-9(7-13)11(8(2)3)15-16-12/h5-6,8H,4H2,1-3H3,(H2,15,16,17). The fourth-order valence-electron chi connectivity index (χ4n) is 1.93. The Morgan fingerprint density at radius 2 is 2.24 bits per heavy atom. The summed E-state index contributed by atoms with van der Waals surface area (Å²) in [5.74, 6) is 0.0385. The van der Waals surface area contributed by atoms with Gasteiger partial charge in [-0.2, -0.15) is 23.9 Å². The Morgan fingerprint density at radius 1 is 1.52 bits per heavy atom. The molecule has 0 radical (unpaired) electrons. The molecule has 2 aromatic heterocycles. The summed E-state index contributed by atoms with van der Waals surface area (Å²) in [4.78, 5) is 0. The molecule has 0 saturated carbocycles. The number of anilines is 1. The van der Waals surface area contributed by atoms with Crippen LogP contribution < -0.4 is 4.72 Å². The largest absolute Gasteiger partial charge is 0.280 e. The van der Waals surface area contributed by atoms with Crippen LogP contribution in [0.15, 0.2) is 17.3 Å². The van der Waals surface area contributed by atoms with Gasteiger partial charge in [-0.3, -0.25) is 14.5 Å². The molecular weight excluding hydrogens is 292 g/mol. The molecule has 9 heteroatoms. The summed E-state index contributed by atoms with van der Waals surface area (Å²) in [6.07, 6.45) is 1.41. The van der Waals surface area contributed by atoms with Crippen LogP contribution in [0.25, 0.3) is 0 Å². The highest BCUT2D eigenvalue weighted by Crippen LogP contribution is 2.24. The summed E-state index contributed by atoms with van der Waals surface area (Å²) in [5.41, 5.74) is 0.801. The van der Waals surface area contributed by atoms with E-state index in [1.807, 2.05) is 19.9 Å². The van der Waals surface area contributed by atoms with Crippen LogP contribution in [0.3, 0.4) is 0 Å². The Morgan fingerprint density at radius 3 is 2.81 bits per heavy atom. The lowest BCUT2D eigenvalue weighted by Gasteiger charge is -2.07. The smallest absolute Gasteiger partial charge is 0.279 e. The molecule has 2 aromatic rings. The fourth-order valence-corrected chi connectivity index (χ4v) is 3.13. The normalized spacial score (nSPS) is 11.6. The van der Waals surface area contributed by atoms with Crippen molar-refractivity contribution in [2.45, 2.75) is 38.3 Å². The van der Waals surface area contributed by atoms with Gasteiger partial charge in [0.25, 0.3) is 10.0 Å². The second-order valence-electron chi connectivity index (χ2n) is 4.72. The molecule has 0 aliphatic rings. The van der Waals surface area contributed by atoms with Crippen LogP contribution in [0, 0.1) is 11.3 Å². The van der Waals surface area contributed by atoms with Gasteiger partial charge in [0.05, 0.1) is 11.9 Å². The van der Waals surface area contributed by atoms with Gasteiger partial charge < -0.3 is 0 Å². The number of hydrogen-bond acceptors (Lipinski definition) is 5. The van der Waals surface area contributed by atoms with E-state index in [0.29, 0.717) is 12.2 Å². The molecular formula is C12H16N6O2S. The van der Waals surface area contributed by atoms with E-state index in [1.165, 1.54) is 16.9 Å². The van der Waals surface area contributed by atoms with Crippen molar-refractivity contribution in [3.63, 3.8) is 0 Å². The van der Waals surface area contributed by atoms with E-state index in [9.17, 15) is 13.7 Å². The van der Waals surface area contributed by atoms with Crippen molar-refractivity contribution in [2.75, 3.05) is 4.72 Å². The number of hydrogen-bond donors (Lipinski definition) is 2. The Kier molecular flexibility index (Phi) is 3.99. The second kappa shape index (κ2) is 5.57.